The number of hydrogen-bond donors (Lipinski definition) is 1. The highest BCUT2D eigenvalue weighted by Gasteiger charge is 2.27. The number of ether oxygens (including phenoxy) is 2. The van der Waals surface area contributed by atoms with Crippen molar-refractivity contribution in [2.24, 2.45) is 0 Å². The molecule has 1 saturated heterocycles. The van der Waals surface area contributed by atoms with Crippen LogP contribution in [0.4, 0.5) is 10.5 Å². The first-order chi connectivity index (χ1) is 11.8. The molecule has 0 atom stereocenters. The van der Waals surface area contributed by atoms with Gasteiger partial charge in [-0.25, -0.2) is 4.79 Å². The van der Waals surface area contributed by atoms with Crippen LogP contribution in [0.5, 0.6) is 5.75 Å². The normalized spacial score (nSPS) is 15.1. The molecule has 1 heterocycles. The lowest BCUT2D eigenvalue weighted by Gasteiger charge is -2.34. The number of anilines is 1. The standard InChI is InChI=1S/C17H25ClN2O3.C2H6/c1-17(2,3)23-16(21)20-9-7-13(8-10-20)19-14-6-5-12(18)11-15(14)22-4;1-2/h5-6,11,13,19H,7-10H2,1-4H3;1-2H3. The van der Waals surface area contributed by atoms with E-state index in [1.807, 2.05) is 46.8 Å². The van der Waals surface area contributed by atoms with Gasteiger partial charge in [0.25, 0.3) is 0 Å². The number of piperidine rings is 1. The molecule has 142 valence electrons. The number of halogens is 1. The van der Waals surface area contributed by atoms with Crippen LogP contribution in [0.1, 0.15) is 47.5 Å². The third kappa shape index (κ3) is 7.02. The van der Waals surface area contributed by atoms with E-state index >= 15 is 0 Å². The Kier molecular flexibility index (Phi) is 8.36. The largest absolute Gasteiger partial charge is 0.495 e. The second-order valence-electron chi connectivity index (χ2n) is 6.73. The molecule has 1 fully saturated rings. The number of rotatable bonds is 3. The summed E-state index contributed by atoms with van der Waals surface area (Å²) in [5, 5.41) is 4.12. The molecule has 1 aliphatic heterocycles. The van der Waals surface area contributed by atoms with Gasteiger partial charge in [0.05, 0.1) is 12.8 Å². The lowest BCUT2D eigenvalue weighted by atomic mass is 10.0. The fourth-order valence-corrected chi connectivity index (χ4v) is 2.70. The van der Waals surface area contributed by atoms with Gasteiger partial charge in [-0.3, -0.25) is 0 Å². The summed E-state index contributed by atoms with van der Waals surface area (Å²) in [6.45, 7) is 11.0. The van der Waals surface area contributed by atoms with Crippen LogP contribution in [0.2, 0.25) is 5.02 Å². The minimum Gasteiger partial charge on any atom is -0.495 e. The summed E-state index contributed by atoms with van der Waals surface area (Å²) < 4.78 is 10.8. The molecule has 5 nitrogen and oxygen atoms in total. The van der Waals surface area contributed by atoms with E-state index in [4.69, 9.17) is 21.1 Å². The van der Waals surface area contributed by atoms with Crippen LogP contribution in [0.15, 0.2) is 18.2 Å². The van der Waals surface area contributed by atoms with Crippen LogP contribution in [0, 0.1) is 0 Å². The van der Waals surface area contributed by atoms with Crippen molar-refractivity contribution < 1.29 is 14.3 Å². The minimum atomic E-state index is -0.456. The van der Waals surface area contributed by atoms with Crippen LogP contribution >= 0.6 is 11.6 Å². The molecular formula is C19H31ClN2O3. The first kappa shape index (κ1) is 21.4. The van der Waals surface area contributed by atoms with Gasteiger partial charge in [-0.05, 0) is 45.7 Å². The highest BCUT2D eigenvalue weighted by atomic mass is 35.5. The van der Waals surface area contributed by atoms with Crippen molar-refractivity contribution in [3.8, 4) is 5.75 Å². The molecule has 0 spiro atoms. The SMILES string of the molecule is CC.COc1cc(Cl)ccc1NC1CCN(C(=O)OC(C)(C)C)CC1. The summed E-state index contributed by atoms with van der Waals surface area (Å²) in [7, 11) is 1.63. The van der Waals surface area contributed by atoms with Crippen molar-refractivity contribution in [2.45, 2.75) is 59.1 Å². The monoisotopic (exact) mass is 370 g/mol. The molecule has 25 heavy (non-hydrogen) atoms. The number of hydrogen-bond acceptors (Lipinski definition) is 4. The maximum Gasteiger partial charge on any atom is 0.410 e. The number of benzene rings is 1. The van der Waals surface area contributed by atoms with E-state index in [9.17, 15) is 4.79 Å². The first-order valence-corrected chi connectivity index (χ1v) is 9.24. The van der Waals surface area contributed by atoms with E-state index in [1.54, 1.807) is 18.1 Å². The molecule has 0 radical (unpaired) electrons. The van der Waals surface area contributed by atoms with Gasteiger partial charge in [0, 0.05) is 30.2 Å². The fraction of sp³-hybridized carbons (Fsp3) is 0.632. The topological polar surface area (TPSA) is 50.8 Å². The van der Waals surface area contributed by atoms with Gasteiger partial charge in [0.2, 0.25) is 0 Å². The molecule has 0 aromatic heterocycles. The van der Waals surface area contributed by atoms with Crippen molar-refractivity contribution in [3.05, 3.63) is 23.2 Å². The minimum absolute atomic E-state index is 0.236. The number of nitrogens with zero attached hydrogens (tertiary/aromatic N) is 1. The molecule has 0 saturated carbocycles. The maximum absolute atomic E-state index is 12.1. The van der Waals surface area contributed by atoms with Gasteiger partial charge in [-0.15, -0.1) is 0 Å². The van der Waals surface area contributed by atoms with Gasteiger partial charge >= 0.3 is 6.09 Å². The highest BCUT2D eigenvalue weighted by Crippen LogP contribution is 2.29. The van der Waals surface area contributed by atoms with Crippen LogP contribution < -0.4 is 10.1 Å². The zero-order valence-corrected chi connectivity index (χ0v) is 16.9. The number of carbonyl (C=O) groups is 1. The second kappa shape index (κ2) is 9.76. The average molecular weight is 371 g/mol. The molecule has 0 aliphatic carbocycles. The summed E-state index contributed by atoms with van der Waals surface area (Å²) in [5.41, 5.74) is 0.468. The van der Waals surface area contributed by atoms with E-state index in [0.717, 1.165) is 24.3 Å². The lowest BCUT2D eigenvalue weighted by Crippen LogP contribution is -2.44. The molecular weight excluding hydrogens is 340 g/mol. The van der Waals surface area contributed by atoms with Crippen molar-refractivity contribution in [3.63, 3.8) is 0 Å². The zero-order valence-electron chi connectivity index (χ0n) is 16.2. The van der Waals surface area contributed by atoms with E-state index in [1.165, 1.54) is 0 Å². The predicted octanol–water partition coefficient (Wildman–Crippen LogP) is 5.19. The van der Waals surface area contributed by atoms with Crippen LogP contribution in [-0.2, 0) is 4.74 Å². The van der Waals surface area contributed by atoms with Gasteiger partial charge in [0.15, 0.2) is 0 Å². The Hall–Kier alpha value is -1.62. The summed E-state index contributed by atoms with van der Waals surface area (Å²) >= 11 is 5.98. The Morgan fingerprint density at radius 2 is 1.84 bits per heavy atom. The number of amides is 1. The number of likely N-dealkylation sites (tertiary alicyclic amines) is 1. The summed E-state index contributed by atoms with van der Waals surface area (Å²) in [6.07, 6.45) is 1.50. The third-order valence-corrected chi connectivity index (χ3v) is 3.90. The Labute approximate surface area is 156 Å². The summed E-state index contributed by atoms with van der Waals surface area (Å²) in [6, 6.07) is 5.84. The Bertz CT molecular complexity index is 550. The van der Waals surface area contributed by atoms with Gasteiger partial charge < -0.3 is 19.7 Å². The van der Waals surface area contributed by atoms with Gasteiger partial charge in [-0.1, -0.05) is 25.4 Å². The quantitative estimate of drug-likeness (QED) is 0.795. The maximum atomic E-state index is 12.1. The molecule has 0 unspecified atom stereocenters. The van der Waals surface area contributed by atoms with Crippen molar-refractivity contribution in [2.75, 3.05) is 25.5 Å². The molecule has 0 bridgehead atoms. The molecule has 1 aliphatic rings. The zero-order chi connectivity index (χ0) is 19.0. The molecule has 1 aromatic carbocycles. The highest BCUT2D eigenvalue weighted by molar-refractivity contribution is 6.30. The van der Waals surface area contributed by atoms with Gasteiger partial charge in [-0.2, -0.15) is 0 Å². The van der Waals surface area contributed by atoms with Crippen LogP contribution in [0.25, 0.3) is 0 Å². The predicted molar refractivity (Wildman–Crippen MR) is 104 cm³/mol. The van der Waals surface area contributed by atoms with Crippen molar-refractivity contribution >= 4 is 23.4 Å². The Morgan fingerprint density at radius 1 is 1.24 bits per heavy atom. The number of methoxy groups -OCH3 is 1. The lowest BCUT2D eigenvalue weighted by molar-refractivity contribution is 0.0210. The number of nitrogens with one attached hydrogen (secondary N) is 1. The summed E-state index contributed by atoms with van der Waals surface area (Å²) in [4.78, 5) is 13.8. The second-order valence-corrected chi connectivity index (χ2v) is 7.17. The van der Waals surface area contributed by atoms with Crippen molar-refractivity contribution in [1.29, 1.82) is 0 Å². The molecule has 1 amide bonds. The number of carbonyl (C=O) groups excluding carboxylic acids is 1. The van der Waals surface area contributed by atoms with E-state index < -0.39 is 5.60 Å². The molecule has 1 N–H and O–H groups in total. The first-order valence-electron chi connectivity index (χ1n) is 8.86. The molecule has 6 heteroatoms. The molecule has 2 rings (SSSR count). The van der Waals surface area contributed by atoms with Crippen LogP contribution in [0.3, 0.4) is 0 Å². The smallest absolute Gasteiger partial charge is 0.410 e. The van der Waals surface area contributed by atoms with Gasteiger partial charge in [0.1, 0.15) is 11.4 Å². The fourth-order valence-electron chi connectivity index (χ4n) is 2.54. The Balaban J connectivity index is 0.00000151. The Morgan fingerprint density at radius 3 is 2.36 bits per heavy atom. The van der Waals surface area contributed by atoms with Crippen molar-refractivity contribution in [1.82, 2.24) is 4.90 Å². The average Bonchev–Trinajstić information content (AvgIpc) is 2.57. The van der Waals surface area contributed by atoms with E-state index in [2.05, 4.69) is 5.32 Å². The molecule has 1 aromatic rings. The van der Waals surface area contributed by atoms with E-state index in [-0.39, 0.29) is 6.09 Å². The van der Waals surface area contributed by atoms with Crippen LogP contribution in [-0.4, -0.2) is 42.8 Å². The summed E-state index contributed by atoms with van der Waals surface area (Å²) in [5.74, 6) is 0.729. The van der Waals surface area contributed by atoms with E-state index in [0.29, 0.717) is 24.2 Å². The third-order valence-electron chi connectivity index (χ3n) is 3.67.